The van der Waals surface area contributed by atoms with Crippen LogP contribution in [-0.4, -0.2) is 18.6 Å². The number of carbonyl (C=O) groups is 2. The van der Waals surface area contributed by atoms with Gasteiger partial charge in [-0.05, 0) is 68.7 Å². The van der Waals surface area contributed by atoms with Crippen LogP contribution in [0.15, 0.2) is 57.7 Å². The number of aryl methyl sites for hydroxylation is 1. The predicted octanol–water partition coefficient (Wildman–Crippen LogP) is 5.05. The first kappa shape index (κ1) is 23.5. The van der Waals surface area contributed by atoms with Crippen molar-refractivity contribution < 1.29 is 23.5 Å². The van der Waals surface area contributed by atoms with E-state index in [1.54, 1.807) is 19.1 Å². The summed E-state index contributed by atoms with van der Waals surface area (Å²) in [6, 6.07) is 14.7. The van der Waals surface area contributed by atoms with Gasteiger partial charge < -0.3 is 19.2 Å². The molecule has 0 aliphatic heterocycles. The lowest BCUT2D eigenvalue weighted by atomic mass is 9.82. The van der Waals surface area contributed by atoms with E-state index in [-0.39, 0.29) is 24.1 Å². The lowest BCUT2D eigenvalue weighted by molar-refractivity contribution is -0.140. The molecule has 178 valence electrons. The second-order valence-electron chi connectivity index (χ2n) is 8.88. The highest BCUT2D eigenvalue weighted by atomic mass is 16.5. The number of hydrogen-bond donors (Lipinski definition) is 1. The maximum absolute atomic E-state index is 12.7. The molecule has 0 bridgehead atoms. The molecule has 0 saturated heterocycles. The van der Waals surface area contributed by atoms with Gasteiger partial charge in [-0.3, -0.25) is 4.79 Å². The van der Waals surface area contributed by atoms with E-state index in [4.69, 9.17) is 13.9 Å². The van der Waals surface area contributed by atoms with Gasteiger partial charge in [0.05, 0.1) is 5.92 Å². The summed E-state index contributed by atoms with van der Waals surface area (Å²) in [6.45, 7) is 4.37. The van der Waals surface area contributed by atoms with E-state index in [0.29, 0.717) is 42.2 Å². The van der Waals surface area contributed by atoms with Crippen LogP contribution in [-0.2, 0) is 16.1 Å². The molecule has 1 saturated carbocycles. The SMILES string of the molecule is Cc1c(C)c2ccc(OC(=O)C3CCC(CNC(=O)OCc4ccccc4)CC3)cc2oc1=O. The molecule has 0 unspecified atom stereocenters. The molecule has 34 heavy (non-hydrogen) atoms. The van der Waals surface area contributed by atoms with Gasteiger partial charge in [0.2, 0.25) is 0 Å². The molecule has 4 rings (SSSR count). The average Bonchev–Trinajstić information content (AvgIpc) is 2.85. The van der Waals surface area contributed by atoms with E-state index in [0.717, 1.165) is 29.4 Å². The number of ether oxygens (including phenoxy) is 2. The number of carbonyl (C=O) groups excluding carboxylic acids is 2. The third kappa shape index (κ3) is 5.65. The molecule has 0 radical (unpaired) electrons. The third-order valence-corrected chi connectivity index (χ3v) is 6.57. The molecule has 1 aromatic heterocycles. The fraction of sp³-hybridized carbons (Fsp3) is 0.370. The Morgan fingerprint density at radius 3 is 2.47 bits per heavy atom. The summed E-state index contributed by atoms with van der Waals surface area (Å²) in [5.74, 6) is 0.200. The minimum Gasteiger partial charge on any atom is -0.445 e. The maximum Gasteiger partial charge on any atom is 0.407 e. The molecule has 1 N–H and O–H groups in total. The molecule has 1 heterocycles. The molecule has 3 aromatic rings. The van der Waals surface area contributed by atoms with Gasteiger partial charge in [-0.25, -0.2) is 9.59 Å². The van der Waals surface area contributed by atoms with Gasteiger partial charge in [0, 0.05) is 23.6 Å². The Bertz CT molecular complexity index is 1230. The highest BCUT2D eigenvalue weighted by Crippen LogP contribution is 2.31. The van der Waals surface area contributed by atoms with Crippen LogP contribution < -0.4 is 15.7 Å². The number of esters is 1. The Balaban J connectivity index is 1.23. The van der Waals surface area contributed by atoms with Crippen molar-refractivity contribution in [1.29, 1.82) is 0 Å². The van der Waals surface area contributed by atoms with E-state index in [9.17, 15) is 14.4 Å². The highest BCUT2D eigenvalue weighted by Gasteiger charge is 2.28. The molecule has 0 spiro atoms. The van der Waals surface area contributed by atoms with Gasteiger partial charge in [-0.2, -0.15) is 0 Å². The Hall–Kier alpha value is -3.61. The van der Waals surface area contributed by atoms with E-state index in [2.05, 4.69) is 5.32 Å². The Morgan fingerprint density at radius 2 is 1.74 bits per heavy atom. The number of nitrogens with one attached hydrogen (secondary N) is 1. The van der Waals surface area contributed by atoms with Crippen LogP contribution in [0.25, 0.3) is 11.0 Å². The van der Waals surface area contributed by atoms with Crippen LogP contribution in [0.2, 0.25) is 0 Å². The molecule has 1 fully saturated rings. The number of benzene rings is 2. The maximum atomic E-state index is 12.7. The first-order valence-electron chi connectivity index (χ1n) is 11.6. The van der Waals surface area contributed by atoms with Gasteiger partial charge in [-0.15, -0.1) is 0 Å². The normalized spacial score (nSPS) is 17.8. The fourth-order valence-corrected chi connectivity index (χ4v) is 4.30. The highest BCUT2D eigenvalue weighted by molar-refractivity contribution is 5.83. The summed E-state index contributed by atoms with van der Waals surface area (Å²) in [6.07, 6.45) is 2.61. The van der Waals surface area contributed by atoms with Gasteiger partial charge in [0.25, 0.3) is 0 Å². The van der Waals surface area contributed by atoms with Crippen LogP contribution in [0.3, 0.4) is 0 Å². The summed E-state index contributed by atoms with van der Waals surface area (Å²) in [5, 5.41) is 3.65. The molecule has 0 atom stereocenters. The number of alkyl carbamates (subject to hydrolysis) is 1. The van der Waals surface area contributed by atoms with Crippen molar-refractivity contribution in [2.24, 2.45) is 11.8 Å². The van der Waals surface area contributed by atoms with Crippen molar-refractivity contribution in [2.75, 3.05) is 6.54 Å². The third-order valence-electron chi connectivity index (χ3n) is 6.57. The van der Waals surface area contributed by atoms with Crippen molar-refractivity contribution in [3.05, 3.63) is 75.6 Å². The van der Waals surface area contributed by atoms with E-state index in [1.165, 1.54) is 0 Å². The van der Waals surface area contributed by atoms with Crippen molar-refractivity contribution in [1.82, 2.24) is 5.32 Å². The van der Waals surface area contributed by atoms with Gasteiger partial charge >= 0.3 is 17.7 Å². The quantitative estimate of drug-likeness (QED) is 0.312. The molecule has 1 aliphatic carbocycles. The van der Waals surface area contributed by atoms with E-state index in [1.807, 2.05) is 43.3 Å². The molecule has 7 heteroatoms. The summed E-state index contributed by atoms with van der Waals surface area (Å²) in [5.41, 5.74) is 2.40. The summed E-state index contributed by atoms with van der Waals surface area (Å²) in [7, 11) is 0. The zero-order valence-electron chi connectivity index (χ0n) is 19.5. The second-order valence-corrected chi connectivity index (χ2v) is 8.88. The Morgan fingerprint density at radius 1 is 1.00 bits per heavy atom. The molecular weight excluding hydrogens is 434 g/mol. The molecule has 2 aromatic carbocycles. The standard InChI is InChI=1S/C27H29NO6/c1-17-18(2)25(29)34-24-14-22(12-13-23(17)24)33-26(30)21-10-8-19(9-11-21)15-28-27(31)32-16-20-6-4-3-5-7-20/h3-7,12-14,19,21H,8-11,15-16H2,1-2H3,(H,28,31). The molecular formula is C27H29NO6. The van der Waals surface area contributed by atoms with Crippen LogP contribution in [0.4, 0.5) is 4.79 Å². The summed E-state index contributed by atoms with van der Waals surface area (Å²) in [4.78, 5) is 36.6. The van der Waals surface area contributed by atoms with Crippen LogP contribution in [0.5, 0.6) is 5.75 Å². The number of rotatable bonds is 6. The van der Waals surface area contributed by atoms with Gasteiger partial charge in [0.1, 0.15) is 17.9 Å². The zero-order valence-corrected chi connectivity index (χ0v) is 19.5. The first-order chi connectivity index (χ1) is 16.4. The monoisotopic (exact) mass is 463 g/mol. The predicted molar refractivity (Wildman–Crippen MR) is 128 cm³/mol. The summed E-state index contributed by atoms with van der Waals surface area (Å²) >= 11 is 0. The zero-order chi connectivity index (χ0) is 24.1. The lowest BCUT2D eigenvalue weighted by Gasteiger charge is -2.27. The van der Waals surface area contributed by atoms with Gasteiger partial charge in [-0.1, -0.05) is 30.3 Å². The number of amides is 1. The van der Waals surface area contributed by atoms with Crippen LogP contribution >= 0.6 is 0 Å². The average molecular weight is 464 g/mol. The Labute approximate surface area is 198 Å². The summed E-state index contributed by atoms with van der Waals surface area (Å²) < 4.78 is 16.2. The smallest absolute Gasteiger partial charge is 0.407 e. The van der Waals surface area contributed by atoms with E-state index < -0.39 is 6.09 Å². The van der Waals surface area contributed by atoms with Crippen molar-refractivity contribution in [3.63, 3.8) is 0 Å². The van der Waals surface area contributed by atoms with Crippen molar-refractivity contribution >= 4 is 23.0 Å². The van der Waals surface area contributed by atoms with Crippen molar-refractivity contribution in [2.45, 2.75) is 46.1 Å². The van der Waals surface area contributed by atoms with Crippen molar-refractivity contribution in [3.8, 4) is 5.75 Å². The van der Waals surface area contributed by atoms with E-state index >= 15 is 0 Å². The second kappa shape index (κ2) is 10.5. The largest absolute Gasteiger partial charge is 0.445 e. The first-order valence-corrected chi connectivity index (χ1v) is 11.6. The van der Waals surface area contributed by atoms with Gasteiger partial charge in [0.15, 0.2) is 0 Å². The minimum absolute atomic E-state index is 0.191. The Kier molecular flexibility index (Phi) is 7.30. The van der Waals surface area contributed by atoms with Crippen LogP contribution in [0, 0.1) is 25.7 Å². The topological polar surface area (TPSA) is 94.8 Å². The minimum atomic E-state index is -0.432. The molecule has 7 nitrogen and oxygen atoms in total. The number of fused-ring (bicyclic) bond motifs is 1. The number of hydrogen-bond acceptors (Lipinski definition) is 6. The van der Waals surface area contributed by atoms with Crippen LogP contribution in [0.1, 0.15) is 42.4 Å². The molecule has 1 amide bonds. The lowest BCUT2D eigenvalue weighted by Crippen LogP contribution is -2.33. The molecule has 1 aliphatic rings. The fourth-order valence-electron chi connectivity index (χ4n) is 4.30.